The van der Waals surface area contributed by atoms with Gasteiger partial charge >= 0.3 is 0 Å². The Bertz CT molecular complexity index is 637. The summed E-state index contributed by atoms with van der Waals surface area (Å²) in [5.74, 6) is 1.46. The quantitative estimate of drug-likeness (QED) is 0.522. The fourth-order valence-corrected chi connectivity index (χ4v) is 2.97. The monoisotopic (exact) mass is 347 g/mol. The second-order valence-electron chi connectivity index (χ2n) is 6.17. The van der Waals surface area contributed by atoms with Gasteiger partial charge in [0.1, 0.15) is 18.0 Å². The van der Waals surface area contributed by atoms with E-state index in [4.69, 9.17) is 5.11 Å². The third-order valence-corrected chi connectivity index (χ3v) is 4.25. The summed E-state index contributed by atoms with van der Waals surface area (Å²) in [6, 6.07) is 1.85. The molecule has 1 fully saturated rings. The van der Waals surface area contributed by atoms with Gasteiger partial charge in [-0.25, -0.2) is 9.97 Å². The Kier molecular flexibility index (Phi) is 6.15. The molecule has 3 heterocycles. The van der Waals surface area contributed by atoms with Crippen LogP contribution in [0.5, 0.6) is 0 Å². The summed E-state index contributed by atoms with van der Waals surface area (Å²) in [4.78, 5) is 12.8. The van der Waals surface area contributed by atoms with Crippen LogP contribution in [0.3, 0.4) is 0 Å². The van der Waals surface area contributed by atoms with Gasteiger partial charge in [0.05, 0.1) is 18.9 Å². The van der Waals surface area contributed by atoms with Gasteiger partial charge < -0.3 is 20.4 Å². The first-order valence-corrected chi connectivity index (χ1v) is 8.54. The first-order valence-electron chi connectivity index (χ1n) is 8.54. The third kappa shape index (κ3) is 5.12. The molecule has 0 radical (unpaired) electrons. The van der Waals surface area contributed by atoms with E-state index in [1.165, 1.54) is 11.9 Å². The van der Waals surface area contributed by atoms with Crippen LogP contribution in [-0.4, -0.2) is 87.3 Å². The Morgan fingerprint density at radius 2 is 2.20 bits per heavy atom. The van der Waals surface area contributed by atoms with Gasteiger partial charge in [-0.1, -0.05) is 0 Å². The molecule has 0 spiro atoms. The molecule has 25 heavy (non-hydrogen) atoms. The number of nitrogens with one attached hydrogen (secondary N) is 2. The van der Waals surface area contributed by atoms with Gasteiger partial charge in [0, 0.05) is 51.5 Å². The molecular weight excluding hydrogens is 322 g/mol. The molecule has 2 aromatic rings. The highest BCUT2D eigenvalue weighted by molar-refractivity contribution is 5.48. The van der Waals surface area contributed by atoms with Crippen molar-refractivity contribution < 1.29 is 10.2 Å². The van der Waals surface area contributed by atoms with E-state index in [0.29, 0.717) is 25.5 Å². The number of H-pyrrole nitrogens is 1. The van der Waals surface area contributed by atoms with Gasteiger partial charge in [0.25, 0.3) is 0 Å². The predicted molar refractivity (Wildman–Crippen MR) is 94.6 cm³/mol. The molecule has 9 heteroatoms. The summed E-state index contributed by atoms with van der Waals surface area (Å²) in [5.41, 5.74) is 1.17. The lowest BCUT2D eigenvalue weighted by molar-refractivity contribution is 0.133. The molecular formula is C16H25N7O2. The van der Waals surface area contributed by atoms with E-state index in [9.17, 15) is 5.11 Å². The zero-order valence-electron chi connectivity index (χ0n) is 14.2. The van der Waals surface area contributed by atoms with Crippen LogP contribution in [0.4, 0.5) is 11.6 Å². The standard InChI is InChI=1S/C16H25N7O2/c24-6-2-17-15-7-16(19-12-18-15)23-5-4-22(10-14(25)11-23)3-1-13-8-20-21-9-13/h7-9,12,14,24-25H,1-6,10-11H2,(H,20,21)(H,17,18,19). The number of rotatable bonds is 7. The van der Waals surface area contributed by atoms with Crippen molar-refractivity contribution >= 4 is 11.6 Å². The summed E-state index contributed by atoms with van der Waals surface area (Å²) < 4.78 is 0. The molecule has 4 N–H and O–H groups in total. The largest absolute Gasteiger partial charge is 0.395 e. The number of aliphatic hydroxyl groups is 2. The van der Waals surface area contributed by atoms with Crippen LogP contribution in [0.1, 0.15) is 5.56 Å². The normalized spacial score (nSPS) is 19.0. The molecule has 0 aromatic carbocycles. The second kappa shape index (κ2) is 8.75. The molecule has 1 saturated heterocycles. The predicted octanol–water partition coefficient (Wildman–Crippen LogP) is -0.670. The van der Waals surface area contributed by atoms with Gasteiger partial charge in [-0.15, -0.1) is 0 Å². The van der Waals surface area contributed by atoms with E-state index < -0.39 is 6.10 Å². The lowest BCUT2D eigenvalue weighted by Crippen LogP contribution is -2.34. The average molecular weight is 347 g/mol. The fraction of sp³-hybridized carbons (Fsp3) is 0.562. The Morgan fingerprint density at radius 1 is 1.28 bits per heavy atom. The summed E-state index contributed by atoms with van der Waals surface area (Å²) >= 11 is 0. The van der Waals surface area contributed by atoms with E-state index >= 15 is 0 Å². The SMILES string of the molecule is OCCNc1cc(N2CCN(CCc3cn[nH]c3)CC(O)C2)ncn1. The number of anilines is 2. The van der Waals surface area contributed by atoms with Crippen LogP contribution in [0.15, 0.2) is 24.8 Å². The highest BCUT2D eigenvalue weighted by atomic mass is 16.3. The molecule has 9 nitrogen and oxygen atoms in total. The Labute approximate surface area is 146 Å². The van der Waals surface area contributed by atoms with Gasteiger partial charge in [0.2, 0.25) is 0 Å². The van der Waals surface area contributed by atoms with Crippen LogP contribution in [-0.2, 0) is 6.42 Å². The molecule has 0 bridgehead atoms. The van der Waals surface area contributed by atoms with Crippen LogP contribution in [0.25, 0.3) is 0 Å². The highest BCUT2D eigenvalue weighted by Gasteiger charge is 2.22. The number of aromatic nitrogens is 4. The van der Waals surface area contributed by atoms with E-state index in [2.05, 4.69) is 35.3 Å². The van der Waals surface area contributed by atoms with E-state index in [0.717, 1.165) is 31.9 Å². The number of hydrogen-bond acceptors (Lipinski definition) is 8. The van der Waals surface area contributed by atoms with E-state index in [-0.39, 0.29) is 6.61 Å². The fourth-order valence-electron chi connectivity index (χ4n) is 2.97. The van der Waals surface area contributed by atoms with Gasteiger partial charge in [-0.2, -0.15) is 5.10 Å². The van der Waals surface area contributed by atoms with Gasteiger partial charge in [0.15, 0.2) is 0 Å². The Morgan fingerprint density at radius 3 is 3.00 bits per heavy atom. The maximum Gasteiger partial charge on any atom is 0.134 e. The van der Waals surface area contributed by atoms with Crippen LogP contribution in [0, 0.1) is 0 Å². The lowest BCUT2D eigenvalue weighted by atomic mass is 10.2. The average Bonchev–Trinajstić information content (AvgIpc) is 3.07. The van der Waals surface area contributed by atoms with Gasteiger partial charge in [-0.3, -0.25) is 10.00 Å². The van der Waals surface area contributed by atoms with Crippen LogP contribution < -0.4 is 10.2 Å². The summed E-state index contributed by atoms with van der Waals surface area (Å²) in [6.07, 6.45) is 5.72. The molecule has 1 aliphatic rings. The summed E-state index contributed by atoms with van der Waals surface area (Å²) in [6.45, 7) is 4.22. The molecule has 0 aliphatic carbocycles. The van der Waals surface area contributed by atoms with Crippen molar-refractivity contribution in [1.82, 2.24) is 25.1 Å². The zero-order chi connectivity index (χ0) is 17.5. The van der Waals surface area contributed by atoms with E-state index in [1.807, 2.05) is 18.5 Å². The number of aromatic amines is 1. The highest BCUT2D eigenvalue weighted by Crippen LogP contribution is 2.16. The molecule has 1 atom stereocenters. The molecule has 2 aromatic heterocycles. The number of hydrogen-bond donors (Lipinski definition) is 4. The van der Waals surface area contributed by atoms with Crippen molar-refractivity contribution in [3.63, 3.8) is 0 Å². The Balaban J connectivity index is 1.58. The minimum absolute atomic E-state index is 0.0490. The third-order valence-electron chi connectivity index (χ3n) is 4.25. The Hall–Kier alpha value is -2.23. The van der Waals surface area contributed by atoms with Crippen molar-refractivity contribution in [2.24, 2.45) is 0 Å². The number of aliphatic hydroxyl groups excluding tert-OH is 2. The molecule has 1 unspecified atom stereocenters. The van der Waals surface area contributed by atoms with E-state index in [1.54, 1.807) is 0 Å². The second-order valence-corrected chi connectivity index (χ2v) is 6.17. The van der Waals surface area contributed by atoms with Crippen LogP contribution >= 0.6 is 0 Å². The zero-order valence-corrected chi connectivity index (χ0v) is 14.2. The van der Waals surface area contributed by atoms with Crippen molar-refractivity contribution in [1.29, 1.82) is 0 Å². The molecule has 0 saturated carbocycles. The smallest absolute Gasteiger partial charge is 0.134 e. The maximum absolute atomic E-state index is 10.4. The molecule has 3 rings (SSSR count). The first-order chi connectivity index (χ1) is 12.2. The molecule has 0 amide bonds. The molecule has 136 valence electrons. The topological polar surface area (TPSA) is 113 Å². The van der Waals surface area contributed by atoms with Gasteiger partial charge in [-0.05, 0) is 12.0 Å². The minimum atomic E-state index is -0.435. The van der Waals surface area contributed by atoms with Crippen LogP contribution in [0.2, 0.25) is 0 Å². The number of β-amino-alcohol motifs (C(OH)–C–C–N with tert-alkyl or cyclic N) is 1. The summed E-state index contributed by atoms with van der Waals surface area (Å²) in [7, 11) is 0. The van der Waals surface area contributed by atoms with Crippen molar-refractivity contribution in [3.8, 4) is 0 Å². The van der Waals surface area contributed by atoms with Crippen molar-refractivity contribution in [2.45, 2.75) is 12.5 Å². The number of nitrogens with zero attached hydrogens (tertiary/aromatic N) is 5. The maximum atomic E-state index is 10.4. The van der Waals surface area contributed by atoms with Crippen molar-refractivity contribution in [3.05, 3.63) is 30.4 Å². The molecule has 1 aliphatic heterocycles. The first kappa shape index (κ1) is 17.6. The minimum Gasteiger partial charge on any atom is -0.395 e. The summed E-state index contributed by atoms with van der Waals surface area (Å²) in [5, 5.41) is 29.1. The van der Waals surface area contributed by atoms with Crippen molar-refractivity contribution in [2.75, 3.05) is 56.1 Å². The lowest BCUT2D eigenvalue weighted by Gasteiger charge is -2.23.